The topological polar surface area (TPSA) is 120 Å². The van der Waals surface area contributed by atoms with Gasteiger partial charge in [0, 0.05) is 25.1 Å². The van der Waals surface area contributed by atoms with Crippen molar-refractivity contribution in [3.63, 3.8) is 0 Å². The van der Waals surface area contributed by atoms with E-state index in [1.54, 1.807) is 13.8 Å². The van der Waals surface area contributed by atoms with Gasteiger partial charge in [-0.25, -0.2) is 18.7 Å². The average molecular weight is 621 g/mol. The van der Waals surface area contributed by atoms with E-state index in [9.17, 15) is 36.3 Å². The van der Waals surface area contributed by atoms with Crippen molar-refractivity contribution < 1.29 is 41.1 Å². The number of alkyl halides is 3. The van der Waals surface area contributed by atoms with Crippen LogP contribution in [0.3, 0.4) is 0 Å². The van der Waals surface area contributed by atoms with E-state index in [0.717, 1.165) is 18.2 Å². The number of hydrogen-bond donors (Lipinski definition) is 1. The van der Waals surface area contributed by atoms with Gasteiger partial charge < -0.3 is 19.4 Å². The van der Waals surface area contributed by atoms with Gasteiger partial charge in [-0.15, -0.1) is 5.10 Å². The van der Waals surface area contributed by atoms with Crippen LogP contribution in [0.2, 0.25) is 0 Å². The van der Waals surface area contributed by atoms with E-state index in [1.165, 1.54) is 34.1 Å². The molecule has 44 heavy (non-hydrogen) atoms. The summed E-state index contributed by atoms with van der Waals surface area (Å²) < 4.78 is 72.8. The molecule has 1 atom stereocenters. The van der Waals surface area contributed by atoms with Gasteiger partial charge in [-0.1, -0.05) is 11.2 Å². The third kappa shape index (κ3) is 6.33. The minimum Gasteiger partial charge on any atom is -0.486 e. The lowest BCUT2D eigenvalue weighted by Gasteiger charge is -2.40. The zero-order valence-corrected chi connectivity index (χ0v) is 23.3. The molecular weight excluding hydrogens is 595 g/mol. The molecule has 11 nitrogen and oxygen atoms in total. The Kier molecular flexibility index (Phi) is 8.25. The number of hydrogen-bond acceptors (Lipinski definition) is 9. The molecule has 232 valence electrons. The summed E-state index contributed by atoms with van der Waals surface area (Å²) in [5.41, 5.74) is 1.56. The molecule has 0 saturated carbocycles. The Labute approximate surface area is 246 Å². The first-order chi connectivity index (χ1) is 20.8. The molecule has 1 N–H and O–H groups in total. The number of carbonyl (C=O) groups is 2. The lowest BCUT2D eigenvalue weighted by atomic mass is 10.0. The van der Waals surface area contributed by atoms with Crippen molar-refractivity contribution in [3.8, 4) is 5.75 Å². The number of rotatable bonds is 7. The molecule has 2 aromatic carbocycles. The van der Waals surface area contributed by atoms with E-state index in [2.05, 4.69) is 20.1 Å². The van der Waals surface area contributed by atoms with Crippen molar-refractivity contribution in [1.82, 2.24) is 25.2 Å². The zero-order chi connectivity index (χ0) is 31.8. The maximum absolute atomic E-state index is 14.9. The fourth-order valence-electron chi connectivity index (χ4n) is 4.74. The normalized spacial score (nSPS) is 16.5. The molecule has 2 aliphatic rings. The van der Waals surface area contributed by atoms with Gasteiger partial charge in [0.05, 0.1) is 17.8 Å². The number of piperazine rings is 1. The lowest BCUT2D eigenvalue weighted by molar-refractivity contribution is -0.252. The number of nitrogens with one attached hydrogen (secondary N) is 1. The molecule has 16 heteroatoms. The summed E-state index contributed by atoms with van der Waals surface area (Å²) >= 11 is 0. The van der Waals surface area contributed by atoms with Crippen LogP contribution < -0.4 is 10.3 Å². The van der Waals surface area contributed by atoms with Gasteiger partial charge in [0.25, 0.3) is 11.5 Å². The van der Waals surface area contributed by atoms with Crippen LogP contribution >= 0.6 is 0 Å². The molecule has 2 aliphatic heterocycles. The molecule has 0 radical (unpaired) electrons. The highest BCUT2D eigenvalue weighted by molar-refractivity contribution is 5.95. The van der Waals surface area contributed by atoms with Crippen LogP contribution in [-0.4, -0.2) is 81.5 Å². The van der Waals surface area contributed by atoms with E-state index in [4.69, 9.17) is 4.74 Å². The first-order valence-electron chi connectivity index (χ1n) is 13.2. The fraction of sp³-hybridized carbons (Fsp3) is 0.321. The first kappa shape index (κ1) is 30.4. The van der Waals surface area contributed by atoms with Crippen LogP contribution in [0.25, 0.3) is 0 Å². The van der Waals surface area contributed by atoms with Crippen molar-refractivity contribution in [2.24, 2.45) is 5.10 Å². The number of halogens is 5. The number of benzene rings is 2. The first-order valence-corrected chi connectivity index (χ1v) is 13.2. The Hall–Kier alpha value is -5.02. The quantitative estimate of drug-likeness (QED) is 0.401. The number of ether oxygens (including phenoxy) is 1. The molecule has 0 bridgehead atoms. The van der Waals surface area contributed by atoms with Crippen LogP contribution in [-0.2, 0) is 16.1 Å². The fourth-order valence-corrected chi connectivity index (χ4v) is 4.74. The number of amides is 1. The molecule has 1 unspecified atom stereocenters. The van der Waals surface area contributed by atoms with Crippen molar-refractivity contribution >= 4 is 17.7 Å². The van der Waals surface area contributed by atoms with Crippen LogP contribution in [0.15, 0.2) is 52.4 Å². The predicted octanol–water partition coefficient (Wildman–Crippen LogP) is 3.07. The second-order valence-electron chi connectivity index (χ2n) is 10.1. The number of carbonyl (C=O) groups excluding carboxylic acids is 2. The summed E-state index contributed by atoms with van der Waals surface area (Å²) in [5, 5.41) is 10.9. The standard InChI is InChI=1S/C28H25F5N6O5/c1-15-16(2)25(40)35-34-22(15)12-17-3-8-21(30)20(11-17)26(41)37-9-10-38-23(14-43-19-6-4-18(29)5-7-19)36-39(24(38)13-37)44-27(42)28(31,32)33/h3-8,11,24H,9-10,12-14H2,1-2H3,(H,35,40). The predicted molar refractivity (Wildman–Crippen MR) is 143 cm³/mol. The van der Waals surface area contributed by atoms with Gasteiger partial charge in [-0.2, -0.15) is 18.3 Å². The molecule has 1 fully saturated rings. The summed E-state index contributed by atoms with van der Waals surface area (Å²) in [6.07, 6.45) is -6.31. The van der Waals surface area contributed by atoms with E-state index < -0.39 is 35.9 Å². The van der Waals surface area contributed by atoms with Crippen LogP contribution in [0.1, 0.15) is 32.7 Å². The maximum Gasteiger partial charge on any atom is 0.493 e. The number of H-pyrrole nitrogens is 1. The number of hydrazone groups is 1. The second kappa shape index (κ2) is 11.9. The van der Waals surface area contributed by atoms with Crippen LogP contribution in [0, 0.1) is 25.5 Å². The summed E-state index contributed by atoms with van der Waals surface area (Å²) in [7, 11) is 0. The summed E-state index contributed by atoms with van der Waals surface area (Å²) in [6.45, 7) is 2.84. The molecule has 1 amide bonds. The maximum atomic E-state index is 14.9. The molecule has 0 spiro atoms. The highest BCUT2D eigenvalue weighted by Crippen LogP contribution is 2.27. The van der Waals surface area contributed by atoms with Crippen molar-refractivity contribution in [1.29, 1.82) is 0 Å². The molecule has 3 heterocycles. The minimum atomic E-state index is -5.32. The molecule has 0 aliphatic carbocycles. The highest BCUT2D eigenvalue weighted by Gasteiger charge is 2.48. The van der Waals surface area contributed by atoms with E-state index in [0.29, 0.717) is 27.6 Å². The summed E-state index contributed by atoms with van der Waals surface area (Å²) in [6, 6.07) is 8.95. The Bertz CT molecular complexity index is 1680. The number of aromatic nitrogens is 2. The van der Waals surface area contributed by atoms with Crippen LogP contribution in [0.5, 0.6) is 5.75 Å². The zero-order valence-electron chi connectivity index (χ0n) is 23.3. The number of fused-ring (bicyclic) bond motifs is 1. The minimum absolute atomic E-state index is 0.0232. The Morgan fingerprint density at radius 1 is 1.05 bits per heavy atom. The molecular formula is C28H25F5N6O5. The van der Waals surface area contributed by atoms with Gasteiger partial charge in [-0.05, 0) is 61.4 Å². The van der Waals surface area contributed by atoms with Gasteiger partial charge in [0.1, 0.15) is 24.0 Å². The smallest absolute Gasteiger partial charge is 0.486 e. The van der Waals surface area contributed by atoms with Gasteiger partial charge in [0.2, 0.25) is 0 Å². The monoisotopic (exact) mass is 620 g/mol. The molecule has 3 aromatic rings. The Morgan fingerprint density at radius 3 is 2.48 bits per heavy atom. The van der Waals surface area contributed by atoms with Gasteiger partial charge >= 0.3 is 12.1 Å². The molecule has 1 saturated heterocycles. The second-order valence-corrected chi connectivity index (χ2v) is 10.1. The Balaban J connectivity index is 1.34. The van der Waals surface area contributed by atoms with Crippen LogP contribution in [0.4, 0.5) is 22.0 Å². The summed E-state index contributed by atoms with van der Waals surface area (Å²) in [4.78, 5) is 44.2. The van der Waals surface area contributed by atoms with Crippen molar-refractivity contribution in [2.45, 2.75) is 32.6 Å². The molecule has 1 aromatic heterocycles. The van der Waals surface area contributed by atoms with E-state index in [-0.39, 0.29) is 55.4 Å². The van der Waals surface area contributed by atoms with E-state index in [1.807, 2.05) is 0 Å². The van der Waals surface area contributed by atoms with Gasteiger partial charge in [0.15, 0.2) is 12.0 Å². The third-order valence-electron chi connectivity index (χ3n) is 7.29. The van der Waals surface area contributed by atoms with Gasteiger partial charge in [-0.3, -0.25) is 9.59 Å². The van der Waals surface area contributed by atoms with E-state index >= 15 is 0 Å². The number of hydroxylamine groups is 1. The van der Waals surface area contributed by atoms with Crippen molar-refractivity contribution in [2.75, 3.05) is 26.2 Å². The Morgan fingerprint density at radius 2 is 1.77 bits per heavy atom. The molecule has 5 rings (SSSR count). The highest BCUT2D eigenvalue weighted by atomic mass is 19.4. The third-order valence-corrected chi connectivity index (χ3v) is 7.29. The SMILES string of the molecule is Cc1c(Cc2ccc(F)c(C(=O)N3CCN4C(COc5ccc(F)cc5)=NN(OC(=O)C(F)(F)F)C4C3)c2)n[nH]c(=O)c1C. The number of aromatic amines is 1. The van der Waals surface area contributed by atoms with Crippen molar-refractivity contribution in [3.05, 3.63) is 92.4 Å². The number of nitrogens with zero attached hydrogens (tertiary/aromatic N) is 5. The summed E-state index contributed by atoms with van der Waals surface area (Å²) in [5.74, 6) is -4.24. The average Bonchev–Trinajstić information content (AvgIpc) is 3.33. The largest absolute Gasteiger partial charge is 0.493 e. The lowest BCUT2D eigenvalue weighted by Crippen LogP contribution is -2.59. The number of amidine groups is 1.